The van der Waals surface area contributed by atoms with E-state index in [2.05, 4.69) is 4.90 Å². The highest BCUT2D eigenvalue weighted by Gasteiger charge is 2.28. The van der Waals surface area contributed by atoms with E-state index in [1.54, 1.807) is 13.0 Å². The Balaban J connectivity index is 1.55. The van der Waals surface area contributed by atoms with E-state index in [1.807, 2.05) is 22.0 Å². The first kappa shape index (κ1) is 16.0. The Labute approximate surface area is 139 Å². The average molecular weight is 338 g/mol. The van der Waals surface area contributed by atoms with Crippen molar-refractivity contribution in [3.8, 4) is 0 Å². The molecule has 2 fully saturated rings. The predicted molar refractivity (Wildman–Crippen MR) is 92.1 cm³/mol. The number of carbonyl (C=O) groups excluding carboxylic acids is 2. The molecule has 0 aliphatic carbocycles. The highest BCUT2D eigenvalue weighted by atomic mass is 32.2. The van der Waals surface area contributed by atoms with E-state index in [0.717, 1.165) is 25.9 Å². The molecule has 2 saturated heterocycles. The SMILES string of the molecule is CC(=O)c1cc(C(=O)N2CCC(N3CCSCC3)CC2)cs1. The Bertz CT molecular complexity index is 544. The summed E-state index contributed by atoms with van der Waals surface area (Å²) in [7, 11) is 0. The molecule has 0 radical (unpaired) electrons. The maximum Gasteiger partial charge on any atom is 0.254 e. The second kappa shape index (κ2) is 7.15. The lowest BCUT2D eigenvalue weighted by atomic mass is 10.0. The van der Waals surface area contributed by atoms with Crippen molar-refractivity contribution < 1.29 is 9.59 Å². The molecule has 0 atom stereocenters. The Kier molecular flexibility index (Phi) is 5.21. The number of thiophene rings is 1. The topological polar surface area (TPSA) is 40.6 Å². The van der Waals surface area contributed by atoms with Crippen LogP contribution in [0.1, 0.15) is 39.8 Å². The van der Waals surface area contributed by atoms with Gasteiger partial charge in [-0.1, -0.05) is 0 Å². The molecule has 22 heavy (non-hydrogen) atoms. The molecule has 3 rings (SSSR count). The molecule has 120 valence electrons. The second-order valence-electron chi connectivity index (χ2n) is 5.93. The standard InChI is InChI=1S/C16H22N2O2S2/c1-12(19)15-10-13(11-22-15)16(20)18-4-2-14(3-5-18)17-6-8-21-9-7-17/h10-11,14H,2-9H2,1H3. The molecule has 0 N–H and O–H groups in total. The summed E-state index contributed by atoms with van der Waals surface area (Å²) >= 11 is 3.40. The van der Waals surface area contributed by atoms with Crippen LogP contribution in [-0.4, -0.2) is 65.2 Å². The van der Waals surface area contributed by atoms with Gasteiger partial charge in [-0.2, -0.15) is 11.8 Å². The molecule has 4 nitrogen and oxygen atoms in total. The van der Waals surface area contributed by atoms with Crippen LogP contribution in [0.4, 0.5) is 0 Å². The number of carbonyl (C=O) groups is 2. The average Bonchev–Trinajstić information content (AvgIpc) is 3.05. The summed E-state index contributed by atoms with van der Waals surface area (Å²) in [4.78, 5) is 29.1. The van der Waals surface area contributed by atoms with Crippen molar-refractivity contribution in [3.63, 3.8) is 0 Å². The van der Waals surface area contributed by atoms with E-state index in [-0.39, 0.29) is 11.7 Å². The van der Waals surface area contributed by atoms with Crippen molar-refractivity contribution in [3.05, 3.63) is 21.9 Å². The molecule has 0 unspecified atom stereocenters. The number of rotatable bonds is 3. The number of likely N-dealkylation sites (tertiary alicyclic amines) is 1. The van der Waals surface area contributed by atoms with Crippen LogP contribution in [-0.2, 0) is 0 Å². The number of ketones is 1. The normalized spacial score (nSPS) is 21.0. The van der Waals surface area contributed by atoms with Crippen LogP contribution in [0.3, 0.4) is 0 Å². The summed E-state index contributed by atoms with van der Waals surface area (Å²) in [5.41, 5.74) is 0.669. The van der Waals surface area contributed by atoms with Crippen LogP contribution >= 0.6 is 23.1 Å². The lowest BCUT2D eigenvalue weighted by Crippen LogP contribution is -2.49. The molecule has 1 aromatic heterocycles. The van der Waals surface area contributed by atoms with Gasteiger partial charge in [0.05, 0.1) is 10.4 Å². The number of piperidine rings is 1. The fraction of sp³-hybridized carbons (Fsp3) is 0.625. The Morgan fingerprint density at radius 2 is 1.82 bits per heavy atom. The number of amides is 1. The molecule has 2 aliphatic rings. The predicted octanol–water partition coefficient (Wildman–Crippen LogP) is 2.60. The van der Waals surface area contributed by atoms with Crippen molar-refractivity contribution in [1.82, 2.24) is 9.80 Å². The Morgan fingerprint density at radius 3 is 2.41 bits per heavy atom. The van der Waals surface area contributed by atoms with Gasteiger partial charge in [0, 0.05) is 49.1 Å². The summed E-state index contributed by atoms with van der Waals surface area (Å²) in [6.45, 7) is 5.59. The third-order valence-electron chi connectivity index (χ3n) is 4.51. The largest absolute Gasteiger partial charge is 0.339 e. The van der Waals surface area contributed by atoms with Crippen LogP contribution in [0, 0.1) is 0 Å². The molecule has 6 heteroatoms. The molecule has 1 aromatic rings. The van der Waals surface area contributed by atoms with Crippen molar-refractivity contribution in [1.29, 1.82) is 0 Å². The smallest absolute Gasteiger partial charge is 0.254 e. The minimum absolute atomic E-state index is 0.0331. The Hall–Kier alpha value is -0.850. The zero-order valence-corrected chi connectivity index (χ0v) is 14.5. The van der Waals surface area contributed by atoms with E-state index < -0.39 is 0 Å². The monoisotopic (exact) mass is 338 g/mol. The number of hydrogen-bond donors (Lipinski definition) is 0. The third kappa shape index (κ3) is 3.55. The van der Waals surface area contributed by atoms with Gasteiger partial charge in [-0.05, 0) is 25.8 Å². The first-order valence-corrected chi connectivity index (χ1v) is 9.89. The number of Topliss-reactive ketones (excluding diaryl/α,β-unsaturated/α-hetero) is 1. The molecular weight excluding hydrogens is 316 g/mol. The lowest BCUT2D eigenvalue weighted by Gasteiger charge is -2.40. The minimum atomic E-state index is 0.0331. The van der Waals surface area contributed by atoms with Gasteiger partial charge in [0.2, 0.25) is 0 Å². The second-order valence-corrected chi connectivity index (χ2v) is 8.06. The molecule has 1 amide bonds. The Morgan fingerprint density at radius 1 is 1.14 bits per heavy atom. The fourth-order valence-electron chi connectivity index (χ4n) is 3.19. The summed E-state index contributed by atoms with van der Waals surface area (Å²) < 4.78 is 0. The maximum atomic E-state index is 12.5. The van der Waals surface area contributed by atoms with E-state index in [0.29, 0.717) is 16.5 Å². The zero-order valence-electron chi connectivity index (χ0n) is 12.9. The maximum absolute atomic E-state index is 12.5. The highest BCUT2D eigenvalue weighted by Crippen LogP contribution is 2.23. The van der Waals surface area contributed by atoms with Crippen LogP contribution < -0.4 is 0 Å². The van der Waals surface area contributed by atoms with Gasteiger partial charge in [-0.15, -0.1) is 11.3 Å². The summed E-state index contributed by atoms with van der Waals surface area (Å²) in [5.74, 6) is 2.59. The molecule has 0 saturated carbocycles. The molecule has 0 spiro atoms. The summed E-state index contributed by atoms with van der Waals surface area (Å²) in [6.07, 6.45) is 2.14. The van der Waals surface area contributed by atoms with Gasteiger partial charge in [0.25, 0.3) is 5.91 Å². The van der Waals surface area contributed by atoms with E-state index in [9.17, 15) is 9.59 Å². The van der Waals surface area contributed by atoms with Gasteiger partial charge >= 0.3 is 0 Å². The summed E-state index contributed by atoms with van der Waals surface area (Å²) in [6, 6.07) is 2.38. The minimum Gasteiger partial charge on any atom is -0.339 e. The van der Waals surface area contributed by atoms with Crippen LogP contribution in [0.15, 0.2) is 11.4 Å². The van der Waals surface area contributed by atoms with Crippen molar-refractivity contribution in [2.24, 2.45) is 0 Å². The zero-order chi connectivity index (χ0) is 15.5. The lowest BCUT2D eigenvalue weighted by molar-refractivity contribution is 0.0631. The van der Waals surface area contributed by atoms with Crippen LogP contribution in [0.2, 0.25) is 0 Å². The van der Waals surface area contributed by atoms with Crippen LogP contribution in [0.5, 0.6) is 0 Å². The molecule has 0 aromatic carbocycles. The van der Waals surface area contributed by atoms with Gasteiger partial charge in [0.1, 0.15) is 0 Å². The van der Waals surface area contributed by atoms with Crippen molar-refractivity contribution in [2.45, 2.75) is 25.8 Å². The number of thioether (sulfide) groups is 1. The van der Waals surface area contributed by atoms with E-state index in [4.69, 9.17) is 0 Å². The summed E-state index contributed by atoms with van der Waals surface area (Å²) in [5, 5.41) is 1.81. The first-order valence-electron chi connectivity index (χ1n) is 7.85. The molecule has 3 heterocycles. The van der Waals surface area contributed by atoms with Gasteiger partial charge in [-0.3, -0.25) is 14.5 Å². The van der Waals surface area contributed by atoms with Crippen LogP contribution in [0.25, 0.3) is 0 Å². The number of hydrogen-bond acceptors (Lipinski definition) is 5. The van der Waals surface area contributed by atoms with E-state index in [1.165, 1.54) is 35.9 Å². The van der Waals surface area contributed by atoms with Crippen molar-refractivity contribution >= 4 is 34.8 Å². The fourth-order valence-corrected chi connectivity index (χ4v) is 4.91. The quantitative estimate of drug-likeness (QED) is 0.795. The van der Waals surface area contributed by atoms with Crippen molar-refractivity contribution in [2.75, 3.05) is 37.7 Å². The first-order chi connectivity index (χ1) is 10.6. The van der Waals surface area contributed by atoms with Gasteiger partial charge in [0.15, 0.2) is 5.78 Å². The number of nitrogens with zero attached hydrogens (tertiary/aromatic N) is 2. The molecule has 2 aliphatic heterocycles. The van der Waals surface area contributed by atoms with Gasteiger partial charge < -0.3 is 4.90 Å². The molecule has 0 bridgehead atoms. The third-order valence-corrected chi connectivity index (χ3v) is 6.48. The highest BCUT2D eigenvalue weighted by molar-refractivity contribution is 7.99. The molecular formula is C16H22N2O2S2. The van der Waals surface area contributed by atoms with Gasteiger partial charge in [-0.25, -0.2) is 0 Å². The van der Waals surface area contributed by atoms with E-state index >= 15 is 0 Å².